The van der Waals surface area contributed by atoms with E-state index in [1.807, 2.05) is 6.92 Å². The highest BCUT2D eigenvalue weighted by Gasteiger charge is 2.18. The summed E-state index contributed by atoms with van der Waals surface area (Å²) in [7, 11) is 0. The molecule has 0 saturated heterocycles. The van der Waals surface area contributed by atoms with E-state index in [2.05, 4.69) is 15.8 Å². The number of pyridine rings is 1. The summed E-state index contributed by atoms with van der Waals surface area (Å²) in [5.74, 6) is -0.192. The molecule has 29 heavy (non-hydrogen) atoms. The first-order valence-corrected chi connectivity index (χ1v) is 8.95. The van der Waals surface area contributed by atoms with E-state index in [1.54, 1.807) is 42.5 Å². The molecule has 3 rings (SSSR count). The molecule has 0 bridgehead atoms. The van der Waals surface area contributed by atoms with Crippen molar-refractivity contribution < 1.29 is 19.1 Å². The molecule has 9 nitrogen and oxygen atoms in total. The number of nitrogens with zero attached hydrogens (tertiary/aromatic N) is 2. The van der Waals surface area contributed by atoms with E-state index >= 15 is 0 Å². The third kappa shape index (κ3) is 4.70. The molecule has 1 unspecified atom stereocenters. The lowest BCUT2D eigenvalue weighted by molar-refractivity contribution is -0.128. The Kier molecular flexibility index (Phi) is 6.08. The predicted octanol–water partition coefficient (Wildman–Crippen LogP) is 1.32. The number of nitrogens with one attached hydrogen (secondary N) is 2. The van der Waals surface area contributed by atoms with Gasteiger partial charge >= 0.3 is 0 Å². The molecule has 1 aromatic carbocycles. The Morgan fingerprint density at radius 2 is 1.83 bits per heavy atom. The van der Waals surface area contributed by atoms with Crippen molar-refractivity contribution in [1.82, 2.24) is 20.2 Å². The molecule has 0 spiro atoms. The summed E-state index contributed by atoms with van der Waals surface area (Å²) < 4.78 is 12.1. The van der Waals surface area contributed by atoms with Crippen LogP contribution >= 0.6 is 0 Å². The fraction of sp³-hybridized carbons (Fsp3) is 0.200. The highest BCUT2D eigenvalue weighted by Crippen LogP contribution is 2.18. The van der Waals surface area contributed by atoms with Gasteiger partial charge in [-0.2, -0.15) is 0 Å². The molecule has 0 radical (unpaired) electrons. The minimum atomic E-state index is -0.885. The fourth-order valence-corrected chi connectivity index (χ4v) is 2.51. The van der Waals surface area contributed by atoms with Gasteiger partial charge in [0.05, 0.1) is 6.61 Å². The molecule has 0 aliphatic carbocycles. The summed E-state index contributed by atoms with van der Waals surface area (Å²) in [4.78, 5) is 40.9. The van der Waals surface area contributed by atoms with Crippen LogP contribution in [0, 0.1) is 0 Å². The summed E-state index contributed by atoms with van der Waals surface area (Å²) in [5.41, 5.74) is 4.12. The van der Waals surface area contributed by atoms with E-state index in [4.69, 9.17) is 9.47 Å². The van der Waals surface area contributed by atoms with Gasteiger partial charge in [0, 0.05) is 12.4 Å². The van der Waals surface area contributed by atoms with Crippen LogP contribution in [0.4, 0.5) is 0 Å². The molecule has 0 fully saturated rings. The molecular weight excluding hydrogens is 376 g/mol. The van der Waals surface area contributed by atoms with E-state index in [1.165, 1.54) is 23.7 Å². The Labute approximate surface area is 166 Å². The Bertz CT molecular complexity index is 1080. The van der Waals surface area contributed by atoms with Crippen LogP contribution in [0.2, 0.25) is 0 Å². The number of hydrogen-bond donors (Lipinski definition) is 2. The number of rotatable bonds is 6. The molecule has 9 heteroatoms. The van der Waals surface area contributed by atoms with Gasteiger partial charge in [0.15, 0.2) is 6.10 Å². The Morgan fingerprint density at radius 1 is 1.10 bits per heavy atom. The average Bonchev–Trinajstić information content (AvgIpc) is 2.73. The van der Waals surface area contributed by atoms with E-state index in [0.717, 1.165) is 0 Å². The molecule has 0 saturated carbocycles. The molecule has 2 heterocycles. The monoisotopic (exact) mass is 396 g/mol. The number of carbonyl (C=O) groups excluding carboxylic acids is 2. The third-order valence-corrected chi connectivity index (χ3v) is 3.97. The number of hydrazine groups is 1. The van der Waals surface area contributed by atoms with Crippen LogP contribution in [-0.2, 0) is 4.79 Å². The number of ether oxygens (including phenoxy) is 2. The Hall–Kier alpha value is -3.88. The van der Waals surface area contributed by atoms with E-state index in [9.17, 15) is 14.4 Å². The number of fused-ring (bicyclic) bond motifs is 1. The van der Waals surface area contributed by atoms with Crippen LogP contribution < -0.4 is 25.9 Å². The maximum Gasteiger partial charge on any atom is 0.279 e. The molecule has 2 N–H and O–H groups in total. The molecule has 0 aliphatic heterocycles. The molecule has 2 amide bonds. The minimum Gasteiger partial charge on any atom is -0.494 e. The lowest BCUT2D eigenvalue weighted by Crippen LogP contribution is -2.48. The van der Waals surface area contributed by atoms with Crippen LogP contribution in [-0.4, -0.2) is 33.9 Å². The molecule has 150 valence electrons. The number of hydrogen-bond acceptors (Lipinski definition) is 6. The fourth-order valence-electron chi connectivity index (χ4n) is 2.51. The van der Waals surface area contributed by atoms with Crippen LogP contribution in [0.25, 0.3) is 5.65 Å². The standard InChI is InChI=1S/C20H20N4O5/c1-3-28-14-7-9-15(10-8-14)29-13(2)18(25)22-23-19(26)16-12-21-17-6-4-5-11-24(17)20(16)27/h4-13H,3H2,1-2H3,(H,22,25)(H,23,26). The van der Waals surface area contributed by atoms with Crippen molar-refractivity contribution in [2.45, 2.75) is 20.0 Å². The second-order valence-corrected chi connectivity index (χ2v) is 6.01. The number of benzene rings is 1. The first-order chi connectivity index (χ1) is 14.0. The summed E-state index contributed by atoms with van der Waals surface area (Å²) in [6.45, 7) is 3.97. The number of amides is 2. The topological polar surface area (TPSA) is 111 Å². The smallest absolute Gasteiger partial charge is 0.279 e. The maximum absolute atomic E-state index is 12.4. The third-order valence-electron chi connectivity index (χ3n) is 3.97. The second kappa shape index (κ2) is 8.87. The van der Waals surface area contributed by atoms with Crippen LogP contribution in [0.1, 0.15) is 24.2 Å². The average molecular weight is 396 g/mol. The van der Waals surface area contributed by atoms with Gasteiger partial charge < -0.3 is 9.47 Å². The van der Waals surface area contributed by atoms with Gasteiger partial charge in [0.25, 0.3) is 17.4 Å². The van der Waals surface area contributed by atoms with Crippen LogP contribution in [0.15, 0.2) is 59.7 Å². The highest BCUT2D eigenvalue weighted by molar-refractivity contribution is 5.95. The predicted molar refractivity (Wildman–Crippen MR) is 105 cm³/mol. The van der Waals surface area contributed by atoms with Crippen molar-refractivity contribution in [3.8, 4) is 11.5 Å². The van der Waals surface area contributed by atoms with Crippen molar-refractivity contribution >= 4 is 17.5 Å². The largest absolute Gasteiger partial charge is 0.494 e. The molecule has 1 atom stereocenters. The highest BCUT2D eigenvalue weighted by atomic mass is 16.5. The van der Waals surface area contributed by atoms with Gasteiger partial charge in [-0.15, -0.1) is 0 Å². The molecule has 2 aromatic heterocycles. The van der Waals surface area contributed by atoms with Crippen LogP contribution in [0.5, 0.6) is 11.5 Å². The Morgan fingerprint density at radius 3 is 2.55 bits per heavy atom. The molecule has 0 aliphatic rings. The summed E-state index contributed by atoms with van der Waals surface area (Å²) in [5, 5.41) is 0. The SMILES string of the molecule is CCOc1ccc(OC(C)C(=O)NNC(=O)c2cnc3ccccn3c2=O)cc1. The Balaban J connectivity index is 1.59. The number of aromatic nitrogens is 2. The van der Waals surface area contributed by atoms with E-state index < -0.39 is 23.5 Å². The van der Waals surface area contributed by atoms with Crippen molar-refractivity contribution in [2.75, 3.05) is 6.61 Å². The zero-order valence-corrected chi connectivity index (χ0v) is 15.9. The van der Waals surface area contributed by atoms with Crippen molar-refractivity contribution in [3.05, 3.63) is 70.8 Å². The van der Waals surface area contributed by atoms with E-state index in [-0.39, 0.29) is 5.56 Å². The van der Waals surface area contributed by atoms with Gasteiger partial charge in [-0.3, -0.25) is 29.6 Å². The van der Waals surface area contributed by atoms with Gasteiger partial charge in [-0.1, -0.05) is 6.07 Å². The van der Waals surface area contributed by atoms with E-state index in [0.29, 0.717) is 23.8 Å². The first kappa shape index (κ1) is 19.9. The minimum absolute atomic E-state index is 0.200. The normalized spacial score (nSPS) is 11.5. The zero-order chi connectivity index (χ0) is 20.8. The summed E-state index contributed by atoms with van der Waals surface area (Å²) in [6, 6.07) is 11.8. The van der Waals surface area contributed by atoms with Gasteiger partial charge in [0.1, 0.15) is 22.7 Å². The maximum atomic E-state index is 12.4. The van der Waals surface area contributed by atoms with Gasteiger partial charge in [0.2, 0.25) is 0 Å². The summed E-state index contributed by atoms with van der Waals surface area (Å²) in [6.07, 6.45) is 1.79. The second-order valence-electron chi connectivity index (χ2n) is 6.01. The summed E-state index contributed by atoms with van der Waals surface area (Å²) >= 11 is 0. The van der Waals surface area contributed by atoms with Crippen molar-refractivity contribution in [2.24, 2.45) is 0 Å². The molecular formula is C20H20N4O5. The lowest BCUT2D eigenvalue weighted by Gasteiger charge is -2.15. The van der Waals surface area contributed by atoms with Crippen molar-refractivity contribution in [1.29, 1.82) is 0 Å². The van der Waals surface area contributed by atoms with Crippen molar-refractivity contribution in [3.63, 3.8) is 0 Å². The lowest BCUT2D eigenvalue weighted by atomic mass is 10.3. The first-order valence-electron chi connectivity index (χ1n) is 8.95. The van der Waals surface area contributed by atoms with Gasteiger partial charge in [-0.05, 0) is 50.2 Å². The zero-order valence-electron chi connectivity index (χ0n) is 15.9. The number of carbonyl (C=O) groups is 2. The van der Waals surface area contributed by atoms with Crippen LogP contribution in [0.3, 0.4) is 0 Å². The molecule has 3 aromatic rings. The van der Waals surface area contributed by atoms with Gasteiger partial charge in [-0.25, -0.2) is 4.98 Å². The quantitative estimate of drug-likeness (QED) is 0.608.